The van der Waals surface area contributed by atoms with Crippen molar-refractivity contribution < 1.29 is 49.3 Å². The van der Waals surface area contributed by atoms with Crippen LogP contribution in [0.4, 0.5) is 0 Å². The quantitative estimate of drug-likeness (QED) is 0.0195. The lowest BCUT2D eigenvalue weighted by Crippen LogP contribution is -2.60. The van der Waals surface area contributed by atoms with Gasteiger partial charge < -0.3 is 45.1 Å². The Morgan fingerprint density at radius 3 is 1.09 bits per heavy atom. The predicted octanol–water partition coefficient (Wildman–Crippen LogP) is 21.5. The highest BCUT2D eigenvalue weighted by atomic mass is 16.7. The van der Waals surface area contributed by atoms with Crippen molar-refractivity contribution in [2.45, 2.75) is 455 Å². The number of hydrogen-bond donors (Lipinski definition) is 6. The van der Waals surface area contributed by atoms with Gasteiger partial charge in [0.05, 0.1) is 32.0 Å². The molecule has 0 aromatic heterocycles. The fourth-order valence-corrected chi connectivity index (χ4v) is 13.0. The highest BCUT2D eigenvalue weighted by Crippen LogP contribution is 2.24. The third-order valence-corrected chi connectivity index (χ3v) is 19.3. The number of carbonyl (C=O) groups excluding carboxylic acids is 2. The van der Waals surface area contributed by atoms with Gasteiger partial charge >= 0.3 is 5.97 Å². The van der Waals surface area contributed by atoms with Gasteiger partial charge in [0.2, 0.25) is 5.91 Å². The van der Waals surface area contributed by atoms with Gasteiger partial charge in [0.1, 0.15) is 24.4 Å². The monoisotopic (exact) mass is 1290 g/mol. The van der Waals surface area contributed by atoms with Gasteiger partial charge in [-0.15, -0.1) is 0 Å². The number of aliphatic hydroxyl groups is 5. The first-order chi connectivity index (χ1) is 44.7. The second-order valence-electron chi connectivity index (χ2n) is 28.1. The van der Waals surface area contributed by atoms with E-state index in [0.29, 0.717) is 19.4 Å². The minimum atomic E-state index is -1.57. The zero-order valence-corrected chi connectivity index (χ0v) is 60.1. The Kier molecular flexibility index (Phi) is 66.6. The van der Waals surface area contributed by atoms with Crippen LogP contribution < -0.4 is 5.32 Å². The van der Waals surface area contributed by atoms with E-state index in [9.17, 15) is 35.1 Å². The van der Waals surface area contributed by atoms with E-state index < -0.39 is 49.5 Å². The molecule has 7 unspecified atom stereocenters. The largest absolute Gasteiger partial charge is 0.466 e. The number of unbranched alkanes of at least 4 members (excludes halogenated alkanes) is 56. The van der Waals surface area contributed by atoms with Crippen LogP contribution in [0.3, 0.4) is 0 Å². The van der Waals surface area contributed by atoms with Gasteiger partial charge in [-0.1, -0.05) is 378 Å². The molecular formula is C80H153NO10. The maximum Gasteiger partial charge on any atom is 0.305 e. The highest BCUT2D eigenvalue weighted by Gasteiger charge is 2.44. The summed E-state index contributed by atoms with van der Waals surface area (Å²) in [7, 11) is 0. The molecule has 1 saturated heterocycles. The third kappa shape index (κ3) is 58.1. The Morgan fingerprint density at radius 1 is 0.396 bits per heavy atom. The Balaban J connectivity index is 1.84. The second-order valence-corrected chi connectivity index (χ2v) is 28.1. The zero-order chi connectivity index (χ0) is 65.8. The number of hydrogen-bond acceptors (Lipinski definition) is 10. The average Bonchev–Trinajstić information content (AvgIpc) is 2.82. The van der Waals surface area contributed by atoms with Gasteiger partial charge in [-0.05, 0) is 44.9 Å². The van der Waals surface area contributed by atoms with E-state index in [4.69, 9.17) is 14.2 Å². The van der Waals surface area contributed by atoms with Crippen LogP contribution in [-0.2, 0) is 23.8 Å². The summed E-state index contributed by atoms with van der Waals surface area (Å²) in [6.07, 6.45) is 79.6. The molecule has 0 bridgehead atoms. The van der Waals surface area contributed by atoms with Gasteiger partial charge in [-0.2, -0.15) is 0 Å². The molecule has 0 spiro atoms. The number of rotatable bonds is 72. The molecule has 0 aromatic rings. The molecule has 1 aliphatic heterocycles. The molecule has 11 heteroatoms. The Hall–Kier alpha value is -1.86. The van der Waals surface area contributed by atoms with E-state index in [1.807, 2.05) is 6.08 Å². The summed E-state index contributed by atoms with van der Waals surface area (Å²) in [5, 5.41) is 54.4. The molecule has 1 heterocycles. The maximum atomic E-state index is 13.0. The summed E-state index contributed by atoms with van der Waals surface area (Å²) in [5.41, 5.74) is 0. The summed E-state index contributed by atoms with van der Waals surface area (Å²) >= 11 is 0. The third-order valence-electron chi connectivity index (χ3n) is 19.3. The SMILES string of the molecule is CCCCCC/C=C/CC/C=C/C(O)C(COC1OC(CO)C(O)C(O)C1O)NC(=O)CCCCCCCCCCCCCCCCCCCCCCCCCCCCCCCCCCCCCCCCCOC(=O)CCCCCCCCCCCCCCCC. The van der Waals surface area contributed by atoms with Crippen molar-refractivity contribution in [1.29, 1.82) is 0 Å². The molecule has 6 N–H and O–H groups in total. The van der Waals surface area contributed by atoms with E-state index in [1.54, 1.807) is 6.08 Å². The van der Waals surface area contributed by atoms with Crippen LogP contribution in [0.5, 0.6) is 0 Å². The Labute approximate surface area is 562 Å². The summed E-state index contributed by atoms with van der Waals surface area (Å²) < 4.78 is 16.7. The van der Waals surface area contributed by atoms with Gasteiger partial charge in [0, 0.05) is 12.8 Å². The molecule has 0 radical (unpaired) electrons. The number of nitrogens with one attached hydrogen (secondary N) is 1. The molecule has 1 fully saturated rings. The van der Waals surface area contributed by atoms with Crippen LogP contribution in [0.25, 0.3) is 0 Å². The molecule has 91 heavy (non-hydrogen) atoms. The first-order valence-electron chi connectivity index (χ1n) is 40.1. The normalized spacial score (nSPS) is 17.6. The van der Waals surface area contributed by atoms with Gasteiger partial charge in [0.25, 0.3) is 0 Å². The fourth-order valence-electron chi connectivity index (χ4n) is 13.0. The highest BCUT2D eigenvalue weighted by molar-refractivity contribution is 5.76. The molecule has 1 rings (SSSR count). The zero-order valence-electron chi connectivity index (χ0n) is 60.1. The molecule has 7 atom stereocenters. The van der Waals surface area contributed by atoms with Crippen molar-refractivity contribution in [3.05, 3.63) is 24.3 Å². The van der Waals surface area contributed by atoms with Crippen LogP contribution in [0.1, 0.15) is 412 Å². The van der Waals surface area contributed by atoms with E-state index in [2.05, 4.69) is 31.3 Å². The van der Waals surface area contributed by atoms with Crippen molar-refractivity contribution in [2.24, 2.45) is 0 Å². The van der Waals surface area contributed by atoms with E-state index in [1.165, 1.54) is 334 Å². The lowest BCUT2D eigenvalue weighted by molar-refractivity contribution is -0.302. The van der Waals surface area contributed by atoms with Crippen molar-refractivity contribution in [1.82, 2.24) is 5.32 Å². The number of carbonyl (C=O) groups is 2. The number of ether oxygens (including phenoxy) is 3. The van der Waals surface area contributed by atoms with Crippen LogP contribution in [-0.4, -0.2) is 100 Å². The van der Waals surface area contributed by atoms with Gasteiger partial charge in [0.15, 0.2) is 6.29 Å². The van der Waals surface area contributed by atoms with E-state index in [-0.39, 0.29) is 18.5 Å². The molecule has 538 valence electrons. The smallest absolute Gasteiger partial charge is 0.305 e. The molecule has 1 amide bonds. The molecule has 0 aliphatic carbocycles. The van der Waals surface area contributed by atoms with Crippen molar-refractivity contribution in [3.63, 3.8) is 0 Å². The Bertz CT molecular complexity index is 1560. The van der Waals surface area contributed by atoms with E-state index >= 15 is 0 Å². The average molecular weight is 1290 g/mol. The van der Waals surface area contributed by atoms with Crippen LogP contribution in [0, 0.1) is 0 Å². The lowest BCUT2D eigenvalue weighted by atomic mass is 9.99. The van der Waals surface area contributed by atoms with Crippen LogP contribution in [0.15, 0.2) is 24.3 Å². The first-order valence-corrected chi connectivity index (χ1v) is 40.1. The number of esters is 1. The second kappa shape index (κ2) is 69.5. The summed E-state index contributed by atoms with van der Waals surface area (Å²) in [4.78, 5) is 25.1. The van der Waals surface area contributed by atoms with E-state index in [0.717, 1.165) is 51.4 Å². The summed E-state index contributed by atoms with van der Waals surface area (Å²) in [6.45, 7) is 4.35. The minimum absolute atomic E-state index is 0.0213. The van der Waals surface area contributed by atoms with Gasteiger partial charge in [-0.25, -0.2) is 0 Å². The number of aliphatic hydroxyl groups excluding tert-OH is 5. The fraction of sp³-hybridized carbons (Fsp3) is 0.925. The van der Waals surface area contributed by atoms with Crippen LogP contribution >= 0.6 is 0 Å². The molecular weight excluding hydrogens is 1130 g/mol. The minimum Gasteiger partial charge on any atom is -0.466 e. The molecule has 0 aromatic carbocycles. The lowest BCUT2D eigenvalue weighted by Gasteiger charge is -2.40. The molecule has 0 saturated carbocycles. The maximum absolute atomic E-state index is 13.0. The summed E-state index contributed by atoms with van der Waals surface area (Å²) in [5.74, 6) is -0.164. The Morgan fingerprint density at radius 2 is 0.714 bits per heavy atom. The van der Waals surface area contributed by atoms with Crippen molar-refractivity contribution in [3.8, 4) is 0 Å². The van der Waals surface area contributed by atoms with Crippen LogP contribution in [0.2, 0.25) is 0 Å². The van der Waals surface area contributed by atoms with Crippen molar-refractivity contribution >= 4 is 11.9 Å². The molecule has 11 nitrogen and oxygen atoms in total. The number of amides is 1. The predicted molar refractivity (Wildman–Crippen MR) is 384 cm³/mol. The standard InChI is InChI=1S/C80H153NO10/c1-3-5-7-9-11-13-15-16-45-48-52-56-60-64-68-76(85)89-69-65-61-57-53-49-46-43-41-39-37-35-33-31-29-27-25-23-21-19-17-18-20-22-24-26-28-30-32-34-36-38-40-42-44-47-51-55-59-63-67-75(84)81-72(71-90-80-79(88)78(87)77(86)74(70-82)91-80)73(83)66-62-58-54-50-14-12-10-8-6-4-2/h14,50,62,66,72-74,77-80,82-83,86-88H,3-13,15-49,51-61,63-65,67-71H2,1-2H3,(H,81,84)/b50-14+,66-62+. The first kappa shape index (κ1) is 87.2. The van der Waals surface area contributed by atoms with Crippen molar-refractivity contribution in [2.75, 3.05) is 19.8 Å². The van der Waals surface area contributed by atoms with Gasteiger partial charge in [-0.3, -0.25) is 9.59 Å². The molecule has 1 aliphatic rings. The number of allylic oxidation sites excluding steroid dienone is 3. The summed E-state index contributed by atoms with van der Waals surface area (Å²) in [6, 6.07) is -0.821. The topological polar surface area (TPSA) is 175 Å².